The molecular formula is C18H23N7. The molecule has 0 aliphatic carbocycles. The zero-order valence-corrected chi connectivity index (χ0v) is 14.6. The van der Waals surface area contributed by atoms with Crippen LogP contribution in [0.25, 0.3) is 11.0 Å². The van der Waals surface area contributed by atoms with Gasteiger partial charge in [0.2, 0.25) is 0 Å². The molecule has 7 N–H and O–H groups in total. The van der Waals surface area contributed by atoms with Crippen molar-refractivity contribution in [3.8, 4) is 0 Å². The lowest BCUT2D eigenvalue weighted by Gasteiger charge is -2.10. The van der Waals surface area contributed by atoms with Crippen LogP contribution < -0.4 is 16.8 Å². The van der Waals surface area contributed by atoms with Gasteiger partial charge in [0.15, 0.2) is 0 Å². The van der Waals surface area contributed by atoms with Gasteiger partial charge in [0.25, 0.3) is 0 Å². The van der Waals surface area contributed by atoms with Crippen molar-refractivity contribution in [2.24, 2.45) is 17.4 Å². The second-order valence-corrected chi connectivity index (χ2v) is 6.00. The molecule has 0 unspecified atom stereocenters. The molecule has 0 aliphatic rings. The Morgan fingerprint density at radius 1 is 1.24 bits per heavy atom. The molecule has 25 heavy (non-hydrogen) atoms. The third-order valence-electron chi connectivity index (χ3n) is 3.65. The van der Waals surface area contributed by atoms with Gasteiger partial charge in [-0.15, -0.1) is 0 Å². The summed E-state index contributed by atoms with van der Waals surface area (Å²) in [6.07, 6.45) is 4.89. The SMILES string of the molecule is CC(=N)C(=N)c1cnc2ccc(N/C(N)=C/C(=C\N)C(C)C)nc2c1. The molecule has 0 fully saturated rings. The highest BCUT2D eigenvalue weighted by Gasteiger charge is 2.08. The number of nitrogens with one attached hydrogen (secondary N) is 3. The predicted molar refractivity (Wildman–Crippen MR) is 103 cm³/mol. The Morgan fingerprint density at radius 3 is 2.56 bits per heavy atom. The van der Waals surface area contributed by atoms with E-state index in [-0.39, 0.29) is 17.3 Å². The van der Waals surface area contributed by atoms with Crippen LogP contribution in [0.2, 0.25) is 0 Å². The second kappa shape index (κ2) is 7.57. The van der Waals surface area contributed by atoms with Crippen LogP contribution in [0.3, 0.4) is 0 Å². The molecule has 0 aliphatic heterocycles. The lowest BCUT2D eigenvalue weighted by atomic mass is 10.0. The van der Waals surface area contributed by atoms with Gasteiger partial charge in [0.05, 0.1) is 22.5 Å². The van der Waals surface area contributed by atoms with E-state index in [2.05, 4.69) is 15.3 Å². The van der Waals surface area contributed by atoms with Gasteiger partial charge in [-0.05, 0) is 48.9 Å². The van der Waals surface area contributed by atoms with E-state index in [0.29, 0.717) is 28.2 Å². The standard InChI is InChI=1S/C18H23N7/c1-10(2)12(8-19)7-16(21)25-17-5-4-14-15(24-17)6-13(9-23-14)18(22)11(3)20/h4-10,20,22H,19,21H2,1-3H3,(H,24,25)/b12-8+,16-7+,20-11?,22-18?. The van der Waals surface area contributed by atoms with Crippen molar-refractivity contribution in [3.05, 3.63) is 53.6 Å². The maximum absolute atomic E-state index is 7.91. The van der Waals surface area contributed by atoms with Gasteiger partial charge in [-0.2, -0.15) is 0 Å². The fraction of sp³-hybridized carbons (Fsp3) is 0.222. The number of allylic oxidation sites excluding steroid dienone is 2. The molecule has 0 radical (unpaired) electrons. The number of nitrogens with two attached hydrogens (primary N) is 2. The van der Waals surface area contributed by atoms with Crippen molar-refractivity contribution in [1.82, 2.24) is 9.97 Å². The summed E-state index contributed by atoms with van der Waals surface area (Å²) in [6, 6.07) is 5.35. The molecule has 2 aromatic rings. The Balaban J connectivity index is 2.32. The van der Waals surface area contributed by atoms with Crippen molar-refractivity contribution in [3.63, 3.8) is 0 Å². The molecule has 0 bridgehead atoms. The van der Waals surface area contributed by atoms with Gasteiger partial charge >= 0.3 is 0 Å². The van der Waals surface area contributed by atoms with E-state index in [1.165, 1.54) is 6.20 Å². The highest BCUT2D eigenvalue weighted by atomic mass is 15.1. The van der Waals surface area contributed by atoms with Crippen LogP contribution in [0.5, 0.6) is 0 Å². The summed E-state index contributed by atoms with van der Waals surface area (Å²) >= 11 is 0. The average Bonchev–Trinajstić information content (AvgIpc) is 2.57. The third kappa shape index (κ3) is 4.41. The van der Waals surface area contributed by atoms with Gasteiger partial charge < -0.3 is 22.2 Å². The quantitative estimate of drug-likeness (QED) is 0.407. The number of hydrogen-bond donors (Lipinski definition) is 5. The van der Waals surface area contributed by atoms with Crippen LogP contribution in [0.15, 0.2) is 48.1 Å². The van der Waals surface area contributed by atoms with Crippen LogP contribution in [-0.2, 0) is 0 Å². The molecule has 0 saturated heterocycles. The van der Waals surface area contributed by atoms with Crippen LogP contribution in [0.1, 0.15) is 26.3 Å². The van der Waals surface area contributed by atoms with E-state index in [4.69, 9.17) is 22.3 Å². The smallest absolute Gasteiger partial charge is 0.132 e. The maximum atomic E-state index is 7.91. The minimum Gasteiger partial charge on any atom is -0.404 e. The number of fused-ring (bicyclic) bond motifs is 1. The topological polar surface area (TPSA) is 138 Å². The number of nitrogens with zero attached hydrogens (tertiary/aromatic N) is 2. The van der Waals surface area contributed by atoms with Crippen LogP contribution in [0, 0.1) is 16.7 Å². The highest BCUT2D eigenvalue weighted by Crippen LogP contribution is 2.17. The number of rotatable bonds is 6. The fourth-order valence-electron chi connectivity index (χ4n) is 2.20. The van der Waals surface area contributed by atoms with Crippen molar-refractivity contribution >= 4 is 28.3 Å². The van der Waals surface area contributed by atoms with Crippen molar-refractivity contribution in [2.75, 3.05) is 5.32 Å². The molecule has 0 atom stereocenters. The monoisotopic (exact) mass is 337 g/mol. The number of anilines is 1. The number of hydrogen-bond acceptors (Lipinski definition) is 7. The van der Waals surface area contributed by atoms with E-state index in [0.717, 1.165) is 5.57 Å². The molecule has 2 aromatic heterocycles. The Bertz CT molecular complexity index is 878. The molecule has 0 aromatic carbocycles. The molecule has 7 heteroatoms. The number of pyridine rings is 2. The summed E-state index contributed by atoms with van der Waals surface area (Å²) < 4.78 is 0. The number of aromatic nitrogens is 2. The molecule has 0 amide bonds. The lowest BCUT2D eigenvalue weighted by Crippen LogP contribution is -2.12. The molecule has 7 nitrogen and oxygen atoms in total. The first-order valence-corrected chi connectivity index (χ1v) is 7.89. The summed E-state index contributed by atoms with van der Waals surface area (Å²) in [6.45, 7) is 5.63. The van der Waals surface area contributed by atoms with Gasteiger partial charge in [0, 0.05) is 11.8 Å². The Labute approximate surface area is 146 Å². The third-order valence-corrected chi connectivity index (χ3v) is 3.65. The van der Waals surface area contributed by atoms with E-state index in [1.54, 1.807) is 31.3 Å². The molecular weight excluding hydrogens is 314 g/mol. The fourth-order valence-corrected chi connectivity index (χ4v) is 2.20. The Kier molecular flexibility index (Phi) is 5.49. The second-order valence-electron chi connectivity index (χ2n) is 6.00. The van der Waals surface area contributed by atoms with Crippen molar-refractivity contribution < 1.29 is 0 Å². The largest absolute Gasteiger partial charge is 0.404 e. The lowest BCUT2D eigenvalue weighted by molar-refractivity contribution is 0.786. The highest BCUT2D eigenvalue weighted by molar-refractivity contribution is 6.45. The average molecular weight is 337 g/mol. The first-order valence-electron chi connectivity index (χ1n) is 7.89. The minimum absolute atomic E-state index is 0.128. The molecule has 2 rings (SSSR count). The Hall–Kier alpha value is -3.22. The van der Waals surface area contributed by atoms with Crippen LogP contribution in [-0.4, -0.2) is 21.4 Å². The Morgan fingerprint density at radius 2 is 1.96 bits per heavy atom. The minimum atomic E-state index is 0.128. The van der Waals surface area contributed by atoms with Gasteiger partial charge in [-0.1, -0.05) is 13.8 Å². The van der Waals surface area contributed by atoms with Gasteiger partial charge in [-0.25, -0.2) is 4.98 Å². The molecule has 130 valence electrons. The van der Waals surface area contributed by atoms with E-state index >= 15 is 0 Å². The molecule has 2 heterocycles. The normalized spacial score (nSPS) is 12.5. The summed E-state index contributed by atoms with van der Waals surface area (Å²) in [7, 11) is 0. The van der Waals surface area contributed by atoms with Crippen LogP contribution in [0.4, 0.5) is 5.82 Å². The van der Waals surface area contributed by atoms with Crippen molar-refractivity contribution in [2.45, 2.75) is 20.8 Å². The van der Waals surface area contributed by atoms with E-state index in [9.17, 15) is 0 Å². The zero-order valence-electron chi connectivity index (χ0n) is 14.6. The summed E-state index contributed by atoms with van der Waals surface area (Å²) in [4.78, 5) is 8.77. The summed E-state index contributed by atoms with van der Waals surface area (Å²) in [5, 5.41) is 18.5. The van der Waals surface area contributed by atoms with Gasteiger partial charge in [0.1, 0.15) is 11.6 Å². The first kappa shape index (κ1) is 18.1. The van der Waals surface area contributed by atoms with Crippen LogP contribution >= 0.6 is 0 Å². The summed E-state index contributed by atoms with van der Waals surface area (Å²) in [5.41, 5.74) is 14.7. The predicted octanol–water partition coefficient (Wildman–Crippen LogP) is 2.75. The zero-order chi connectivity index (χ0) is 18.6. The van der Waals surface area contributed by atoms with E-state index < -0.39 is 0 Å². The van der Waals surface area contributed by atoms with Gasteiger partial charge in [-0.3, -0.25) is 10.4 Å². The summed E-state index contributed by atoms with van der Waals surface area (Å²) in [5.74, 6) is 1.26. The molecule has 0 saturated carbocycles. The first-order chi connectivity index (χ1) is 11.8. The molecule has 0 spiro atoms. The van der Waals surface area contributed by atoms with E-state index in [1.807, 2.05) is 19.9 Å². The maximum Gasteiger partial charge on any atom is 0.132 e. The van der Waals surface area contributed by atoms with Crippen molar-refractivity contribution in [1.29, 1.82) is 10.8 Å².